The second kappa shape index (κ2) is 9.67. The van der Waals surface area contributed by atoms with Gasteiger partial charge < -0.3 is 19.1 Å². The fourth-order valence-corrected chi connectivity index (χ4v) is 4.01. The lowest BCUT2D eigenvalue weighted by Gasteiger charge is -2.13. The topological polar surface area (TPSA) is 60.7 Å². The predicted molar refractivity (Wildman–Crippen MR) is 123 cm³/mol. The minimum absolute atomic E-state index is 0.344. The highest BCUT2D eigenvalue weighted by Crippen LogP contribution is 2.28. The van der Waals surface area contributed by atoms with Gasteiger partial charge in [-0.1, -0.05) is 48.5 Å². The average Bonchev–Trinajstić information content (AvgIpc) is 3.11. The third-order valence-corrected chi connectivity index (χ3v) is 5.46. The summed E-state index contributed by atoms with van der Waals surface area (Å²) in [7, 11) is 0. The number of ether oxygens (including phenoxy) is 2. The van der Waals surface area contributed by atoms with Gasteiger partial charge in [-0.3, -0.25) is 0 Å². The lowest BCUT2D eigenvalue weighted by atomic mass is 10.1. The van der Waals surface area contributed by atoms with E-state index < -0.39 is 12.1 Å². The van der Waals surface area contributed by atoms with Crippen LogP contribution in [0.5, 0.6) is 5.75 Å². The number of aliphatic carboxylic acids is 1. The fraction of sp³-hybridized carbons (Fsp3) is 0.269. The van der Waals surface area contributed by atoms with Crippen molar-refractivity contribution in [1.29, 1.82) is 0 Å². The Kier molecular flexibility index (Phi) is 6.53. The van der Waals surface area contributed by atoms with E-state index in [1.54, 1.807) is 6.92 Å². The molecule has 0 unspecified atom stereocenters. The molecule has 0 aliphatic carbocycles. The maximum Gasteiger partial charge on any atom is 0.333 e. The molecule has 0 saturated carbocycles. The zero-order valence-electron chi connectivity index (χ0n) is 17.7. The third-order valence-electron chi connectivity index (χ3n) is 5.46. The van der Waals surface area contributed by atoms with Gasteiger partial charge in [0.05, 0.1) is 6.61 Å². The molecule has 1 N–H and O–H groups in total. The van der Waals surface area contributed by atoms with Crippen LogP contribution >= 0.6 is 0 Å². The monoisotopic (exact) mass is 417 g/mol. The van der Waals surface area contributed by atoms with E-state index in [9.17, 15) is 9.90 Å². The second-order valence-electron chi connectivity index (χ2n) is 7.52. The Morgan fingerprint density at radius 2 is 1.55 bits per heavy atom. The maximum atomic E-state index is 11.2. The molecule has 1 aromatic heterocycles. The summed E-state index contributed by atoms with van der Waals surface area (Å²) in [5.74, 6) is -0.151. The highest BCUT2D eigenvalue weighted by molar-refractivity contribution is 6.07. The van der Waals surface area contributed by atoms with Crippen LogP contribution in [0.4, 0.5) is 0 Å². The van der Waals surface area contributed by atoms with Gasteiger partial charge in [-0.2, -0.15) is 0 Å². The van der Waals surface area contributed by atoms with Crippen molar-refractivity contribution in [2.45, 2.75) is 32.4 Å². The Bertz CT molecular complexity index is 1110. The molecule has 0 spiro atoms. The molecule has 5 heteroatoms. The molecular weight excluding hydrogens is 390 g/mol. The van der Waals surface area contributed by atoms with Crippen molar-refractivity contribution in [2.24, 2.45) is 0 Å². The predicted octanol–water partition coefficient (Wildman–Crippen LogP) is 5.30. The van der Waals surface area contributed by atoms with Gasteiger partial charge in [-0.05, 0) is 43.2 Å². The molecule has 0 radical (unpaired) electrons. The van der Waals surface area contributed by atoms with Crippen molar-refractivity contribution < 1.29 is 19.4 Å². The van der Waals surface area contributed by atoms with Gasteiger partial charge in [0.25, 0.3) is 0 Å². The number of para-hydroxylation sites is 2. The molecule has 4 rings (SSSR count). The molecule has 0 aliphatic heterocycles. The Balaban J connectivity index is 1.36. The van der Waals surface area contributed by atoms with Crippen LogP contribution < -0.4 is 4.74 Å². The van der Waals surface area contributed by atoms with Crippen LogP contribution in [-0.2, 0) is 22.5 Å². The van der Waals surface area contributed by atoms with Gasteiger partial charge in [0.15, 0.2) is 6.10 Å². The number of fused-ring (bicyclic) bond motifs is 3. The molecule has 0 fully saturated rings. The smallest absolute Gasteiger partial charge is 0.333 e. The van der Waals surface area contributed by atoms with Crippen molar-refractivity contribution in [2.75, 3.05) is 13.2 Å². The summed E-state index contributed by atoms with van der Waals surface area (Å²) in [4.78, 5) is 11.2. The van der Waals surface area contributed by atoms with Crippen LogP contribution in [0.3, 0.4) is 0 Å². The first-order chi connectivity index (χ1) is 15.2. The standard InChI is InChI=1S/C26H27NO4/c1-2-30-25(26(28)29)18-19-12-14-20(15-13-19)31-17-7-16-27-23-10-5-3-8-21(23)22-9-4-6-11-24(22)27/h3-6,8-15,25H,2,7,16-18H2,1H3,(H,28,29)/t25-/m0/s1. The van der Waals surface area contributed by atoms with Crippen LogP contribution in [0, 0.1) is 0 Å². The zero-order chi connectivity index (χ0) is 21.6. The Morgan fingerprint density at radius 3 is 2.13 bits per heavy atom. The molecule has 31 heavy (non-hydrogen) atoms. The molecule has 3 aromatic carbocycles. The van der Waals surface area contributed by atoms with Crippen LogP contribution in [0.15, 0.2) is 72.8 Å². The Morgan fingerprint density at radius 1 is 0.935 bits per heavy atom. The first-order valence-electron chi connectivity index (χ1n) is 10.7. The Labute approximate surface area is 181 Å². The summed E-state index contributed by atoms with van der Waals surface area (Å²) in [6.45, 7) is 3.66. The van der Waals surface area contributed by atoms with Crippen molar-refractivity contribution in [3.8, 4) is 5.75 Å². The number of aryl methyl sites for hydroxylation is 1. The van der Waals surface area contributed by atoms with Crippen molar-refractivity contribution >= 4 is 27.8 Å². The minimum Gasteiger partial charge on any atom is -0.494 e. The summed E-state index contributed by atoms with van der Waals surface area (Å²) >= 11 is 0. The van der Waals surface area contributed by atoms with Gasteiger partial charge >= 0.3 is 5.97 Å². The summed E-state index contributed by atoms with van der Waals surface area (Å²) in [6, 6.07) is 24.6. The van der Waals surface area contributed by atoms with E-state index in [1.165, 1.54) is 21.8 Å². The number of benzene rings is 3. The van der Waals surface area contributed by atoms with E-state index in [1.807, 2.05) is 24.3 Å². The quantitative estimate of drug-likeness (QED) is 0.356. The summed E-state index contributed by atoms with van der Waals surface area (Å²) in [5, 5.41) is 11.8. The van der Waals surface area contributed by atoms with Crippen LogP contribution in [-0.4, -0.2) is 35.0 Å². The highest BCUT2D eigenvalue weighted by Gasteiger charge is 2.17. The maximum absolute atomic E-state index is 11.2. The van der Waals surface area contributed by atoms with E-state index in [2.05, 4.69) is 53.1 Å². The number of aromatic nitrogens is 1. The van der Waals surface area contributed by atoms with E-state index in [0.29, 0.717) is 19.6 Å². The van der Waals surface area contributed by atoms with Crippen molar-refractivity contribution in [3.05, 3.63) is 78.4 Å². The number of rotatable bonds is 10. The molecule has 1 heterocycles. The summed E-state index contributed by atoms with van der Waals surface area (Å²) in [6.07, 6.45) is 0.413. The molecule has 0 aliphatic rings. The van der Waals surface area contributed by atoms with Crippen LogP contribution in [0.1, 0.15) is 18.9 Å². The minimum atomic E-state index is -0.938. The molecule has 160 valence electrons. The average molecular weight is 418 g/mol. The number of carboxylic acid groups (broad SMARTS) is 1. The molecule has 0 bridgehead atoms. The second-order valence-corrected chi connectivity index (χ2v) is 7.52. The largest absolute Gasteiger partial charge is 0.494 e. The fourth-order valence-electron chi connectivity index (χ4n) is 4.01. The van der Waals surface area contributed by atoms with E-state index in [-0.39, 0.29) is 0 Å². The molecule has 0 saturated heterocycles. The molecular formula is C26H27NO4. The third kappa shape index (κ3) is 4.72. The molecule has 4 aromatic rings. The van der Waals surface area contributed by atoms with Crippen LogP contribution in [0.25, 0.3) is 21.8 Å². The number of hydrogen-bond donors (Lipinski definition) is 1. The van der Waals surface area contributed by atoms with Gasteiger partial charge in [0, 0.05) is 41.4 Å². The van der Waals surface area contributed by atoms with Gasteiger partial charge in [0.2, 0.25) is 0 Å². The highest BCUT2D eigenvalue weighted by atomic mass is 16.5. The first kappa shape index (κ1) is 20.9. The lowest BCUT2D eigenvalue weighted by molar-refractivity contribution is -0.149. The van der Waals surface area contributed by atoms with E-state index >= 15 is 0 Å². The van der Waals surface area contributed by atoms with Gasteiger partial charge in [-0.25, -0.2) is 4.79 Å². The SMILES string of the molecule is CCO[C@@H](Cc1ccc(OCCCn2c3ccccc3c3ccccc32)cc1)C(=O)O. The zero-order valence-corrected chi connectivity index (χ0v) is 17.7. The lowest BCUT2D eigenvalue weighted by Crippen LogP contribution is -2.26. The summed E-state index contributed by atoms with van der Waals surface area (Å²) < 4.78 is 13.6. The Hall–Kier alpha value is -3.31. The molecule has 0 amide bonds. The molecule has 5 nitrogen and oxygen atoms in total. The number of carbonyl (C=O) groups is 1. The van der Waals surface area contributed by atoms with Crippen molar-refractivity contribution in [3.63, 3.8) is 0 Å². The normalized spacial score (nSPS) is 12.3. The first-order valence-corrected chi connectivity index (χ1v) is 10.7. The van der Waals surface area contributed by atoms with E-state index in [0.717, 1.165) is 24.3 Å². The van der Waals surface area contributed by atoms with Crippen molar-refractivity contribution in [1.82, 2.24) is 4.57 Å². The van der Waals surface area contributed by atoms with Gasteiger partial charge in [-0.15, -0.1) is 0 Å². The summed E-state index contributed by atoms with van der Waals surface area (Å²) in [5.41, 5.74) is 3.41. The van der Waals surface area contributed by atoms with E-state index in [4.69, 9.17) is 9.47 Å². The molecule has 1 atom stereocenters. The van der Waals surface area contributed by atoms with Crippen LogP contribution in [0.2, 0.25) is 0 Å². The number of hydrogen-bond acceptors (Lipinski definition) is 3. The number of nitrogens with zero attached hydrogens (tertiary/aromatic N) is 1. The van der Waals surface area contributed by atoms with Gasteiger partial charge in [0.1, 0.15) is 5.75 Å². The number of carboxylic acids is 1.